The van der Waals surface area contributed by atoms with E-state index in [4.69, 9.17) is 4.74 Å². The number of hydrogen-bond donors (Lipinski definition) is 1. The van der Waals surface area contributed by atoms with E-state index in [1.54, 1.807) is 0 Å². The van der Waals surface area contributed by atoms with Gasteiger partial charge in [0.05, 0.1) is 12.3 Å². The Morgan fingerprint density at radius 3 is 2.88 bits per heavy atom. The van der Waals surface area contributed by atoms with Gasteiger partial charge in [-0.2, -0.15) is 5.10 Å². The van der Waals surface area contributed by atoms with Crippen LogP contribution in [-0.2, 0) is 18.2 Å². The minimum atomic E-state index is 0.370. The van der Waals surface area contributed by atoms with E-state index in [0.717, 1.165) is 38.3 Å². The van der Waals surface area contributed by atoms with Gasteiger partial charge in [0.1, 0.15) is 0 Å². The van der Waals surface area contributed by atoms with Crippen LogP contribution in [0.2, 0.25) is 0 Å². The van der Waals surface area contributed by atoms with Crippen molar-refractivity contribution in [2.24, 2.45) is 7.05 Å². The van der Waals surface area contributed by atoms with Crippen molar-refractivity contribution < 1.29 is 4.74 Å². The van der Waals surface area contributed by atoms with E-state index < -0.39 is 0 Å². The molecule has 1 rings (SSSR count). The first-order chi connectivity index (χ1) is 7.76. The lowest BCUT2D eigenvalue weighted by atomic mass is 10.1. The van der Waals surface area contributed by atoms with Gasteiger partial charge in [-0.25, -0.2) is 0 Å². The maximum Gasteiger partial charge on any atom is 0.0640 e. The Hall–Kier alpha value is -0.870. The second kappa shape index (κ2) is 7.41. The van der Waals surface area contributed by atoms with Gasteiger partial charge < -0.3 is 10.1 Å². The van der Waals surface area contributed by atoms with Crippen LogP contribution in [0.3, 0.4) is 0 Å². The van der Waals surface area contributed by atoms with E-state index in [2.05, 4.69) is 23.4 Å². The first kappa shape index (κ1) is 13.2. The fraction of sp³-hybridized carbons (Fsp3) is 0.750. The summed E-state index contributed by atoms with van der Waals surface area (Å²) in [4.78, 5) is 0. The number of nitrogens with one attached hydrogen (secondary N) is 1. The summed E-state index contributed by atoms with van der Waals surface area (Å²) >= 11 is 0. The molecule has 0 aliphatic heterocycles. The summed E-state index contributed by atoms with van der Waals surface area (Å²) in [6.07, 6.45) is 4.05. The van der Waals surface area contributed by atoms with Gasteiger partial charge >= 0.3 is 0 Å². The minimum Gasteiger partial charge on any atom is -0.380 e. The first-order valence-corrected chi connectivity index (χ1v) is 6.05. The Balaban J connectivity index is 2.41. The van der Waals surface area contributed by atoms with E-state index in [0.29, 0.717) is 6.04 Å². The average molecular weight is 225 g/mol. The molecule has 1 heterocycles. The topological polar surface area (TPSA) is 39.1 Å². The quantitative estimate of drug-likeness (QED) is 0.726. The van der Waals surface area contributed by atoms with Crippen LogP contribution in [0.1, 0.15) is 26.0 Å². The van der Waals surface area contributed by atoms with Crippen LogP contribution >= 0.6 is 0 Å². The molecule has 16 heavy (non-hydrogen) atoms. The molecule has 0 amide bonds. The predicted octanol–water partition coefficient (Wildman–Crippen LogP) is 1.37. The molecular weight excluding hydrogens is 202 g/mol. The number of nitrogens with zero attached hydrogens (tertiary/aromatic N) is 2. The average Bonchev–Trinajstić information content (AvgIpc) is 2.68. The Morgan fingerprint density at radius 2 is 2.31 bits per heavy atom. The van der Waals surface area contributed by atoms with Crippen molar-refractivity contribution in [3.8, 4) is 0 Å². The van der Waals surface area contributed by atoms with E-state index >= 15 is 0 Å². The van der Waals surface area contributed by atoms with Gasteiger partial charge in [0.25, 0.3) is 0 Å². The maximum absolute atomic E-state index is 5.47. The molecule has 0 aliphatic carbocycles. The monoisotopic (exact) mass is 225 g/mol. The minimum absolute atomic E-state index is 0.370. The van der Waals surface area contributed by atoms with Crippen LogP contribution < -0.4 is 5.32 Å². The molecule has 92 valence electrons. The van der Waals surface area contributed by atoms with Gasteiger partial charge in [0.15, 0.2) is 0 Å². The van der Waals surface area contributed by atoms with Crippen molar-refractivity contribution in [3.63, 3.8) is 0 Å². The van der Waals surface area contributed by atoms with Crippen molar-refractivity contribution in [1.82, 2.24) is 15.1 Å². The lowest BCUT2D eigenvalue weighted by Crippen LogP contribution is -2.36. The molecule has 1 unspecified atom stereocenters. The highest BCUT2D eigenvalue weighted by atomic mass is 16.5. The third-order valence-corrected chi connectivity index (χ3v) is 2.43. The third-order valence-electron chi connectivity index (χ3n) is 2.43. The summed E-state index contributed by atoms with van der Waals surface area (Å²) in [5.41, 5.74) is 1.12. The summed E-state index contributed by atoms with van der Waals surface area (Å²) in [6.45, 7) is 6.76. The normalized spacial score (nSPS) is 12.9. The Bertz CT molecular complexity index is 278. The molecule has 0 bridgehead atoms. The predicted molar refractivity (Wildman–Crippen MR) is 65.5 cm³/mol. The molecular formula is C12H23N3O. The Morgan fingerprint density at radius 1 is 1.50 bits per heavy atom. The SMILES string of the molecule is CCCNC(COCC)Cc1ccn(C)n1. The molecule has 0 aromatic carbocycles. The molecule has 0 radical (unpaired) electrons. The van der Waals surface area contributed by atoms with Gasteiger partial charge in [0.2, 0.25) is 0 Å². The molecule has 1 N–H and O–H groups in total. The van der Waals surface area contributed by atoms with Crippen molar-refractivity contribution in [2.45, 2.75) is 32.7 Å². The van der Waals surface area contributed by atoms with Gasteiger partial charge in [0, 0.05) is 32.3 Å². The van der Waals surface area contributed by atoms with Crippen molar-refractivity contribution >= 4 is 0 Å². The smallest absolute Gasteiger partial charge is 0.0640 e. The summed E-state index contributed by atoms with van der Waals surface area (Å²) in [6, 6.07) is 2.43. The lowest BCUT2D eigenvalue weighted by molar-refractivity contribution is 0.122. The van der Waals surface area contributed by atoms with Gasteiger partial charge in [-0.1, -0.05) is 6.92 Å². The zero-order valence-electron chi connectivity index (χ0n) is 10.6. The van der Waals surface area contributed by atoms with Gasteiger partial charge in [-0.3, -0.25) is 4.68 Å². The number of ether oxygens (including phenoxy) is 1. The maximum atomic E-state index is 5.47. The largest absolute Gasteiger partial charge is 0.380 e. The summed E-state index contributed by atoms with van der Waals surface area (Å²) < 4.78 is 7.31. The fourth-order valence-corrected chi connectivity index (χ4v) is 1.62. The molecule has 0 fully saturated rings. The lowest BCUT2D eigenvalue weighted by Gasteiger charge is -2.17. The zero-order valence-corrected chi connectivity index (χ0v) is 10.6. The van der Waals surface area contributed by atoms with E-state index in [1.165, 1.54) is 0 Å². The van der Waals surface area contributed by atoms with Crippen LogP contribution in [0.25, 0.3) is 0 Å². The molecule has 0 saturated carbocycles. The van der Waals surface area contributed by atoms with Crippen LogP contribution in [-0.4, -0.2) is 35.6 Å². The van der Waals surface area contributed by atoms with Crippen LogP contribution in [0.15, 0.2) is 12.3 Å². The van der Waals surface area contributed by atoms with Gasteiger partial charge in [-0.15, -0.1) is 0 Å². The van der Waals surface area contributed by atoms with Crippen LogP contribution in [0.4, 0.5) is 0 Å². The molecule has 0 aliphatic rings. The number of aromatic nitrogens is 2. The number of aryl methyl sites for hydroxylation is 1. The number of hydrogen-bond acceptors (Lipinski definition) is 3. The highest BCUT2D eigenvalue weighted by Crippen LogP contribution is 2.01. The molecule has 1 atom stereocenters. The Labute approximate surface area is 98.0 Å². The molecule has 1 aromatic rings. The van der Waals surface area contributed by atoms with E-state index in [1.807, 2.05) is 24.9 Å². The number of rotatable bonds is 8. The van der Waals surface area contributed by atoms with Crippen LogP contribution in [0.5, 0.6) is 0 Å². The van der Waals surface area contributed by atoms with Gasteiger partial charge in [-0.05, 0) is 26.0 Å². The fourth-order valence-electron chi connectivity index (χ4n) is 1.62. The van der Waals surface area contributed by atoms with Crippen LogP contribution in [0, 0.1) is 0 Å². The van der Waals surface area contributed by atoms with Crippen molar-refractivity contribution in [3.05, 3.63) is 18.0 Å². The molecule has 0 spiro atoms. The molecule has 1 aromatic heterocycles. The van der Waals surface area contributed by atoms with E-state index in [-0.39, 0.29) is 0 Å². The zero-order chi connectivity index (χ0) is 11.8. The molecule has 4 heteroatoms. The third kappa shape index (κ3) is 4.77. The second-order valence-corrected chi connectivity index (χ2v) is 4.00. The highest BCUT2D eigenvalue weighted by Gasteiger charge is 2.10. The Kier molecular flexibility index (Phi) is 6.11. The second-order valence-electron chi connectivity index (χ2n) is 4.00. The summed E-state index contributed by atoms with van der Waals surface area (Å²) in [7, 11) is 1.94. The summed E-state index contributed by atoms with van der Waals surface area (Å²) in [5.74, 6) is 0. The molecule has 4 nitrogen and oxygen atoms in total. The highest BCUT2D eigenvalue weighted by molar-refractivity contribution is 5.01. The van der Waals surface area contributed by atoms with E-state index in [9.17, 15) is 0 Å². The van der Waals surface area contributed by atoms with Crippen molar-refractivity contribution in [1.29, 1.82) is 0 Å². The molecule has 0 saturated heterocycles. The summed E-state index contributed by atoms with van der Waals surface area (Å²) in [5, 5.41) is 7.88. The first-order valence-electron chi connectivity index (χ1n) is 6.05. The van der Waals surface area contributed by atoms with Crippen molar-refractivity contribution in [2.75, 3.05) is 19.8 Å². The standard InChI is InChI=1S/C12H23N3O/c1-4-7-13-12(10-16-5-2)9-11-6-8-15(3)14-11/h6,8,12-13H,4-5,7,9-10H2,1-3H3.